The maximum Gasteiger partial charge on any atom is 0.117 e. The lowest BCUT2D eigenvalue weighted by atomic mass is 10.00. The zero-order valence-electron chi connectivity index (χ0n) is 11.1. The van der Waals surface area contributed by atoms with Crippen LogP contribution in [-0.2, 0) is 0 Å². The smallest absolute Gasteiger partial charge is 0.117 e. The molecule has 0 heterocycles. The van der Waals surface area contributed by atoms with Gasteiger partial charge in [-0.25, -0.2) is 0 Å². The molecule has 2 heteroatoms. The number of anilines is 1. The van der Waals surface area contributed by atoms with Gasteiger partial charge in [0.15, 0.2) is 0 Å². The molecule has 2 N–H and O–H groups in total. The second kappa shape index (κ2) is 5.13. The normalized spacial score (nSPS) is 12.2. The second-order valence-electron chi connectivity index (χ2n) is 4.78. The van der Waals surface area contributed by atoms with E-state index in [9.17, 15) is 5.11 Å². The summed E-state index contributed by atoms with van der Waals surface area (Å²) in [7, 11) is 0. The Bertz CT molecular complexity index is 549. The lowest BCUT2D eigenvalue weighted by Gasteiger charge is -2.18. The zero-order valence-corrected chi connectivity index (χ0v) is 11.1. The third kappa shape index (κ3) is 2.83. The highest BCUT2D eigenvalue weighted by Gasteiger charge is 2.08. The van der Waals surface area contributed by atoms with Gasteiger partial charge in [-0.15, -0.1) is 0 Å². The highest BCUT2D eigenvalue weighted by Crippen LogP contribution is 2.24. The van der Waals surface area contributed by atoms with Crippen LogP contribution in [0.2, 0.25) is 0 Å². The Morgan fingerprint density at radius 1 is 1.06 bits per heavy atom. The van der Waals surface area contributed by atoms with Gasteiger partial charge in [0.25, 0.3) is 0 Å². The Balaban J connectivity index is 2.21. The number of aromatic hydroxyl groups is 1. The molecule has 0 saturated heterocycles. The number of phenolic OH excluding ortho intramolecular Hbond substituents is 1. The van der Waals surface area contributed by atoms with Gasteiger partial charge in [-0.2, -0.15) is 0 Å². The molecule has 1 unspecified atom stereocenters. The molecule has 94 valence electrons. The van der Waals surface area contributed by atoms with Crippen LogP contribution in [-0.4, -0.2) is 5.11 Å². The monoisotopic (exact) mass is 241 g/mol. The van der Waals surface area contributed by atoms with Crippen molar-refractivity contribution < 1.29 is 5.11 Å². The first-order chi connectivity index (χ1) is 8.56. The van der Waals surface area contributed by atoms with Gasteiger partial charge in [0.05, 0.1) is 0 Å². The van der Waals surface area contributed by atoms with E-state index in [0.717, 1.165) is 5.69 Å². The largest absolute Gasteiger partial charge is 0.508 e. The molecular weight excluding hydrogens is 222 g/mol. The summed E-state index contributed by atoms with van der Waals surface area (Å²) in [6.45, 7) is 6.35. The fraction of sp³-hybridized carbons (Fsp3) is 0.250. The van der Waals surface area contributed by atoms with E-state index in [0.29, 0.717) is 0 Å². The van der Waals surface area contributed by atoms with E-state index in [2.05, 4.69) is 44.3 Å². The predicted molar refractivity (Wildman–Crippen MR) is 76.1 cm³/mol. The average molecular weight is 241 g/mol. The van der Waals surface area contributed by atoms with E-state index in [4.69, 9.17) is 0 Å². The van der Waals surface area contributed by atoms with E-state index in [1.54, 1.807) is 12.1 Å². The summed E-state index contributed by atoms with van der Waals surface area (Å²) in [6.07, 6.45) is 0. The minimum Gasteiger partial charge on any atom is -0.508 e. The Kier molecular flexibility index (Phi) is 3.56. The first kappa shape index (κ1) is 12.5. The summed E-state index contributed by atoms with van der Waals surface area (Å²) in [5.74, 6) is 0.285. The lowest BCUT2D eigenvalue weighted by molar-refractivity contribution is 0.475. The number of hydrogen-bond donors (Lipinski definition) is 2. The van der Waals surface area contributed by atoms with Crippen molar-refractivity contribution in [2.24, 2.45) is 0 Å². The molecule has 0 radical (unpaired) electrons. The van der Waals surface area contributed by atoms with Crippen molar-refractivity contribution in [1.82, 2.24) is 0 Å². The molecule has 0 bridgehead atoms. The van der Waals surface area contributed by atoms with Crippen LogP contribution >= 0.6 is 0 Å². The Hall–Kier alpha value is -1.96. The Morgan fingerprint density at radius 2 is 1.83 bits per heavy atom. The van der Waals surface area contributed by atoms with Crippen LogP contribution in [0.4, 0.5) is 5.69 Å². The lowest BCUT2D eigenvalue weighted by Crippen LogP contribution is -2.08. The molecule has 0 aromatic heterocycles. The topological polar surface area (TPSA) is 32.3 Å². The van der Waals surface area contributed by atoms with E-state index in [-0.39, 0.29) is 11.8 Å². The molecule has 0 fully saturated rings. The maximum absolute atomic E-state index is 9.46. The van der Waals surface area contributed by atoms with Gasteiger partial charge in [-0.3, -0.25) is 0 Å². The van der Waals surface area contributed by atoms with Crippen molar-refractivity contribution >= 4 is 5.69 Å². The number of hydrogen-bond acceptors (Lipinski definition) is 2. The molecular formula is C16H19NO. The standard InChI is InChI=1S/C16H19NO/c1-11-7-8-12(2)16(9-11)13(3)17-14-5-4-6-15(18)10-14/h4-10,13,17-18H,1-3H3. The zero-order chi connectivity index (χ0) is 13.1. The van der Waals surface area contributed by atoms with E-state index in [1.807, 2.05) is 12.1 Å². The van der Waals surface area contributed by atoms with Gasteiger partial charge >= 0.3 is 0 Å². The van der Waals surface area contributed by atoms with Gasteiger partial charge in [0.2, 0.25) is 0 Å². The summed E-state index contributed by atoms with van der Waals surface area (Å²) in [5, 5.41) is 12.9. The molecule has 2 aromatic carbocycles. The third-order valence-electron chi connectivity index (χ3n) is 3.13. The molecule has 1 atom stereocenters. The first-order valence-corrected chi connectivity index (χ1v) is 6.19. The summed E-state index contributed by atoms with van der Waals surface area (Å²) < 4.78 is 0. The van der Waals surface area contributed by atoms with Crippen LogP contribution in [0, 0.1) is 13.8 Å². The summed E-state index contributed by atoms with van der Waals surface area (Å²) >= 11 is 0. The number of phenols is 1. The molecule has 0 aliphatic heterocycles. The minimum atomic E-state index is 0.215. The van der Waals surface area contributed by atoms with Crippen molar-refractivity contribution in [3.63, 3.8) is 0 Å². The highest BCUT2D eigenvalue weighted by molar-refractivity contribution is 5.50. The highest BCUT2D eigenvalue weighted by atomic mass is 16.3. The Labute approximate surface area is 108 Å². The molecule has 0 aliphatic rings. The van der Waals surface area contributed by atoms with Crippen LogP contribution in [0.15, 0.2) is 42.5 Å². The third-order valence-corrected chi connectivity index (χ3v) is 3.13. The molecule has 0 amide bonds. The number of nitrogens with one attached hydrogen (secondary N) is 1. The van der Waals surface area contributed by atoms with Crippen molar-refractivity contribution in [1.29, 1.82) is 0 Å². The number of aryl methyl sites for hydroxylation is 2. The van der Waals surface area contributed by atoms with Crippen LogP contribution < -0.4 is 5.32 Å². The van der Waals surface area contributed by atoms with Gasteiger partial charge in [0, 0.05) is 17.8 Å². The maximum atomic E-state index is 9.46. The SMILES string of the molecule is Cc1ccc(C)c(C(C)Nc2cccc(O)c2)c1. The molecule has 2 aromatic rings. The van der Waals surface area contributed by atoms with Crippen LogP contribution in [0.5, 0.6) is 5.75 Å². The predicted octanol–water partition coefficient (Wildman–Crippen LogP) is 4.18. The molecule has 0 saturated carbocycles. The molecule has 0 spiro atoms. The average Bonchev–Trinajstić information content (AvgIpc) is 2.32. The summed E-state index contributed by atoms with van der Waals surface area (Å²) in [5.41, 5.74) is 4.77. The quantitative estimate of drug-likeness (QED) is 0.844. The molecule has 2 nitrogen and oxygen atoms in total. The second-order valence-corrected chi connectivity index (χ2v) is 4.78. The number of rotatable bonds is 3. The van der Waals surface area contributed by atoms with Gasteiger partial charge in [0.1, 0.15) is 5.75 Å². The van der Waals surface area contributed by atoms with Crippen molar-refractivity contribution in [3.8, 4) is 5.75 Å². The molecule has 0 aliphatic carbocycles. The Morgan fingerprint density at radius 3 is 2.56 bits per heavy atom. The van der Waals surface area contributed by atoms with Crippen LogP contribution in [0.25, 0.3) is 0 Å². The summed E-state index contributed by atoms with van der Waals surface area (Å²) in [6, 6.07) is 13.9. The van der Waals surface area contributed by atoms with Crippen molar-refractivity contribution in [2.45, 2.75) is 26.8 Å². The first-order valence-electron chi connectivity index (χ1n) is 6.19. The van der Waals surface area contributed by atoms with E-state index < -0.39 is 0 Å². The number of benzene rings is 2. The van der Waals surface area contributed by atoms with E-state index >= 15 is 0 Å². The fourth-order valence-electron chi connectivity index (χ4n) is 2.15. The van der Waals surface area contributed by atoms with Crippen LogP contribution in [0.1, 0.15) is 29.7 Å². The van der Waals surface area contributed by atoms with Crippen molar-refractivity contribution in [2.75, 3.05) is 5.32 Å². The van der Waals surface area contributed by atoms with Gasteiger partial charge in [-0.1, -0.05) is 29.8 Å². The van der Waals surface area contributed by atoms with Gasteiger partial charge in [-0.05, 0) is 44.0 Å². The van der Waals surface area contributed by atoms with Crippen molar-refractivity contribution in [3.05, 3.63) is 59.2 Å². The molecule has 2 rings (SSSR count). The fourth-order valence-corrected chi connectivity index (χ4v) is 2.15. The molecule has 18 heavy (non-hydrogen) atoms. The minimum absolute atomic E-state index is 0.215. The van der Waals surface area contributed by atoms with Gasteiger partial charge < -0.3 is 10.4 Å². The van der Waals surface area contributed by atoms with Crippen LogP contribution in [0.3, 0.4) is 0 Å². The van der Waals surface area contributed by atoms with E-state index in [1.165, 1.54) is 16.7 Å². The summed E-state index contributed by atoms with van der Waals surface area (Å²) in [4.78, 5) is 0.